The first-order valence-electron chi connectivity index (χ1n) is 34.2. The number of hydrogen-bond donors (Lipinski definition) is 0. The van der Waals surface area contributed by atoms with Gasteiger partial charge in [0.2, 0.25) is 0 Å². The van der Waals surface area contributed by atoms with Gasteiger partial charge in [0, 0.05) is 87.6 Å². The van der Waals surface area contributed by atoms with Crippen molar-refractivity contribution in [2.75, 3.05) is 0 Å². The van der Waals surface area contributed by atoms with Gasteiger partial charge in [-0.1, -0.05) is 206 Å². The normalized spacial score (nSPS) is 11.4. The smallest absolute Gasteiger partial charge is 0.160 e. The fourth-order valence-electron chi connectivity index (χ4n) is 14.3. The van der Waals surface area contributed by atoms with Crippen molar-refractivity contribution < 1.29 is 17.7 Å². The van der Waals surface area contributed by atoms with Crippen LogP contribution in [-0.4, -0.2) is 19.9 Å². The van der Waals surface area contributed by atoms with Gasteiger partial charge in [-0.3, -0.25) is 0 Å². The molecule has 0 atom stereocenters. The number of aromatic nitrogens is 4. The molecule has 20 rings (SSSR count). The third-order valence-corrected chi connectivity index (χ3v) is 19.4. The van der Waals surface area contributed by atoms with Crippen LogP contribution in [0.2, 0.25) is 0 Å². The Morgan fingerprint density at radius 3 is 0.894 bits per heavy atom. The quantitative estimate of drug-likeness (QED) is 0.129. The van der Waals surface area contributed by atoms with Crippen molar-refractivity contribution in [3.8, 4) is 124 Å². The number of furan rings is 4. The molecule has 0 N–H and O–H groups in total. The first-order valence-corrected chi connectivity index (χ1v) is 34.2. The molecule has 0 unspecified atom stereocenters. The second-order valence-corrected chi connectivity index (χ2v) is 25.8. The summed E-state index contributed by atoms with van der Waals surface area (Å²) in [4.78, 5) is 20.7. The van der Waals surface area contributed by atoms with Crippen molar-refractivity contribution in [3.63, 3.8) is 0 Å². The van der Waals surface area contributed by atoms with E-state index in [1.165, 1.54) is 0 Å². The summed E-state index contributed by atoms with van der Waals surface area (Å²) in [6.07, 6.45) is 0. The lowest BCUT2D eigenvalue weighted by atomic mass is 9.93. The SMILES string of the molecule is N#Cc1ccc(-c2cc(-c3ccccc3)nc(-c3cc(-c4ccc5oc6ccccc6c5c4)cc(-c4ccc5oc6ccccc6c5c4)c3)n2)cc1.N#Cc1ccc(-c2cc(-c3ccccc3)nc(-c3cc(-c4cccc5c4oc4ccccc45)cc(-c4cccc5c4oc4ccccc45)c3)n2)cc1. The molecule has 10 heteroatoms. The molecule has 0 aliphatic carbocycles. The molecule has 0 saturated carbocycles. The summed E-state index contributed by atoms with van der Waals surface area (Å²) in [5, 5.41) is 27.5. The van der Waals surface area contributed by atoms with Gasteiger partial charge in [-0.25, -0.2) is 19.9 Å². The summed E-state index contributed by atoms with van der Waals surface area (Å²) in [6, 6.07) is 115. The first-order chi connectivity index (χ1) is 51.4. The van der Waals surface area contributed by atoms with Crippen LogP contribution in [0.1, 0.15) is 11.1 Å². The molecule has 10 nitrogen and oxygen atoms in total. The summed E-state index contributed by atoms with van der Waals surface area (Å²) in [6.45, 7) is 0. The standard InChI is InChI=1S/2C47H27N3O2/c48-28-29-20-22-31(23-21-29)42-27-41(30-10-2-1-3-11-30)49-47(50-42)34-25-32(35-14-8-16-39-37-12-4-6-18-43(37)51-45(35)39)24-33(26-34)36-15-9-17-40-38-13-5-7-19-44(38)52-46(36)40;48-28-29-14-16-31(17-15-29)42-27-41(30-8-2-1-3-9-30)49-47(50-42)36-23-34(32-18-20-45-39(25-32)37-10-4-6-12-43(37)51-45)22-35(24-36)33-19-21-46-40(26-33)38-11-5-7-13-44(38)52-46/h2*1-27H. The van der Waals surface area contributed by atoms with Crippen molar-refractivity contribution >= 4 is 87.8 Å². The highest BCUT2D eigenvalue weighted by Crippen LogP contribution is 2.44. The summed E-state index contributed by atoms with van der Waals surface area (Å²) in [5.74, 6) is 1.19. The first kappa shape index (κ1) is 60.6. The van der Waals surface area contributed by atoms with E-state index < -0.39 is 0 Å². The average molecular weight is 1330 g/mol. The maximum Gasteiger partial charge on any atom is 0.160 e. The Labute approximate surface area is 595 Å². The van der Waals surface area contributed by atoms with Crippen molar-refractivity contribution in [2.45, 2.75) is 0 Å². The maximum absolute atomic E-state index is 9.45. The van der Waals surface area contributed by atoms with E-state index in [-0.39, 0.29) is 0 Å². The Hall–Kier alpha value is -14.6. The molecule has 14 aromatic carbocycles. The second-order valence-electron chi connectivity index (χ2n) is 25.8. The van der Waals surface area contributed by atoms with E-state index in [0.717, 1.165) is 188 Å². The number of hydrogen-bond acceptors (Lipinski definition) is 10. The second kappa shape index (κ2) is 25.3. The lowest BCUT2D eigenvalue weighted by Gasteiger charge is -2.13. The minimum Gasteiger partial charge on any atom is -0.456 e. The summed E-state index contributed by atoms with van der Waals surface area (Å²) in [7, 11) is 0. The molecule has 0 radical (unpaired) electrons. The molecule has 484 valence electrons. The summed E-state index contributed by atoms with van der Waals surface area (Å²) < 4.78 is 25.4. The Morgan fingerprint density at radius 2 is 0.500 bits per heavy atom. The Morgan fingerprint density at radius 1 is 0.202 bits per heavy atom. The van der Waals surface area contributed by atoms with Crippen LogP contribution in [0.3, 0.4) is 0 Å². The van der Waals surface area contributed by atoms with Gasteiger partial charge < -0.3 is 17.7 Å². The molecule has 0 aliphatic heterocycles. The molecule has 0 aliphatic rings. The van der Waals surface area contributed by atoms with E-state index in [0.29, 0.717) is 22.8 Å². The van der Waals surface area contributed by atoms with E-state index in [9.17, 15) is 10.5 Å². The summed E-state index contributed by atoms with van der Waals surface area (Å²) >= 11 is 0. The zero-order valence-corrected chi connectivity index (χ0v) is 55.5. The van der Waals surface area contributed by atoms with E-state index in [4.69, 9.17) is 37.6 Å². The largest absolute Gasteiger partial charge is 0.456 e. The minimum absolute atomic E-state index is 0.581. The number of nitriles is 2. The van der Waals surface area contributed by atoms with Gasteiger partial charge in [-0.2, -0.15) is 10.5 Å². The van der Waals surface area contributed by atoms with E-state index in [1.807, 2.05) is 170 Å². The molecule has 0 fully saturated rings. The number of fused-ring (bicyclic) bond motifs is 12. The number of benzene rings is 14. The van der Waals surface area contributed by atoms with E-state index in [2.05, 4.69) is 170 Å². The van der Waals surface area contributed by atoms with Crippen molar-refractivity contribution in [1.82, 2.24) is 19.9 Å². The van der Waals surface area contributed by atoms with Crippen LogP contribution in [-0.2, 0) is 0 Å². The Kier molecular flexibility index (Phi) is 14.7. The Bertz CT molecular complexity index is 6610. The van der Waals surface area contributed by atoms with Gasteiger partial charge in [0.15, 0.2) is 11.6 Å². The van der Waals surface area contributed by atoms with Gasteiger partial charge in [0.25, 0.3) is 0 Å². The van der Waals surface area contributed by atoms with Gasteiger partial charge in [0.1, 0.15) is 44.7 Å². The van der Waals surface area contributed by atoms with Crippen molar-refractivity contribution in [2.24, 2.45) is 0 Å². The predicted molar refractivity (Wildman–Crippen MR) is 417 cm³/mol. The van der Waals surface area contributed by atoms with Crippen LogP contribution in [0.4, 0.5) is 0 Å². The zero-order valence-electron chi connectivity index (χ0n) is 55.5. The van der Waals surface area contributed by atoms with Crippen molar-refractivity contribution in [3.05, 3.63) is 339 Å². The molecule has 104 heavy (non-hydrogen) atoms. The number of rotatable bonds is 10. The van der Waals surface area contributed by atoms with Crippen LogP contribution >= 0.6 is 0 Å². The third kappa shape index (κ3) is 11.0. The van der Waals surface area contributed by atoms with Crippen LogP contribution in [0.25, 0.3) is 200 Å². The molecule has 0 amide bonds. The molecule has 0 saturated heterocycles. The minimum atomic E-state index is 0.581. The van der Waals surface area contributed by atoms with E-state index >= 15 is 0 Å². The van der Waals surface area contributed by atoms with E-state index in [1.54, 1.807) is 0 Å². The zero-order chi connectivity index (χ0) is 69.2. The van der Waals surface area contributed by atoms with Crippen LogP contribution in [0.5, 0.6) is 0 Å². The monoisotopic (exact) mass is 1330 g/mol. The van der Waals surface area contributed by atoms with Crippen molar-refractivity contribution in [1.29, 1.82) is 10.5 Å². The fraction of sp³-hybridized carbons (Fsp3) is 0. The maximum atomic E-state index is 9.45. The molecular weight excluding hydrogens is 1280 g/mol. The molecule has 0 bridgehead atoms. The number of para-hydroxylation sites is 6. The van der Waals surface area contributed by atoms with Gasteiger partial charge in [-0.15, -0.1) is 0 Å². The van der Waals surface area contributed by atoms with Crippen LogP contribution in [0.15, 0.2) is 345 Å². The van der Waals surface area contributed by atoms with Gasteiger partial charge in [-0.05, 0) is 155 Å². The summed E-state index contributed by atoms with van der Waals surface area (Å²) in [5.41, 5.74) is 24.7. The lowest BCUT2D eigenvalue weighted by molar-refractivity contribution is 0.668. The molecular formula is C94H54N6O4. The van der Waals surface area contributed by atoms with Crippen LogP contribution in [0, 0.1) is 22.7 Å². The number of nitrogens with zero attached hydrogens (tertiary/aromatic N) is 6. The molecule has 6 heterocycles. The third-order valence-electron chi connectivity index (χ3n) is 19.4. The highest BCUT2D eigenvalue weighted by molar-refractivity contribution is 6.13. The Balaban J connectivity index is 0.000000143. The average Bonchev–Trinajstić information content (AvgIpc) is 1.43. The van der Waals surface area contributed by atoms with Crippen LogP contribution < -0.4 is 0 Å². The highest BCUT2D eigenvalue weighted by Gasteiger charge is 2.22. The lowest BCUT2D eigenvalue weighted by Crippen LogP contribution is -1.97. The molecule has 20 aromatic rings. The predicted octanol–water partition coefficient (Wildman–Crippen LogP) is 25.0. The topological polar surface area (TPSA) is 152 Å². The van der Waals surface area contributed by atoms with Gasteiger partial charge in [0.05, 0.1) is 46.0 Å². The molecule has 0 spiro atoms. The fourth-order valence-corrected chi connectivity index (χ4v) is 14.3. The molecule has 6 aromatic heterocycles. The highest BCUT2D eigenvalue weighted by atomic mass is 16.3. The van der Waals surface area contributed by atoms with Gasteiger partial charge >= 0.3 is 0 Å².